The number of nitrogens with two attached hydrogens (primary N) is 1. The van der Waals surface area contributed by atoms with Crippen molar-refractivity contribution in [2.24, 2.45) is 5.73 Å². The highest BCUT2D eigenvalue weighted by Crippen LogP contribution is 2.38. The van der Waals surface area contributed by atoms with Crippen LogP contribution in [0.2, 0.25) is 5.02 Å². The van der Waals surface area contributed by atoms with E-state index in [9.17, 15) is 0 Å². The molecule has 0 aliphatic heterocycles. The van der Waals surface area contributed by atoms with Gasteiger partial charge in [-0.3, -0.25) is 0 Å². The molecule has 0 unspecified atom stereocenters. The highest BCUT2D eigenvalue weighted by Gasteiger charge is 2.38. The fourth-order valence-corrected chi connectivity index (χ4v) is 2.05. The third kappa shape index (κ3) is 2.50. The quantitative estimate of drug-likeness (QED) is 0.869. The van der Waals surface area contributed by atoms with Crippen molar-refractivity contribution in [1.29, 1.82) is 0 Å². The van der Waals surface area contributed by atoms with E-state index in [1.54, 1.807) is 7.11 Å². The summed E-state index contributed by atoms with van der Waals surface area (Å²) in [4.78, 5) is 0. The lowest BCUT2D eigenvalue weighted by Crippen LogP contribution is -2.31. The summed E-state index contributed by atoms with van der Waals surface area (Å²) in [6.45, 7) is 4.74. The normalized spacial score (nSPS) is 16.8. The van der Waals surface area contributed by atoms with Crippen LogP contribution >= 0.6 is 11.6 Å². The number of hydrogen-bond donors (Lipinski definition) is 2. The number of aryl methyl sites for hydroxylation is 1. The van der Waals surface area contributed by atoms with E-state index in [2.05, 4.69) is 5.32 Å². The first kappa shape index (κ1) is 12.5. The number of nitrogens with one attached hydrogen (secondary N) is 1. The Morgan fingerprint density at radius 3 is 2.65 bits per heavy atom. The third-order valence-corrected chi connectivity index (χ3v) is 3.96. The molecule has 3 N–H and O–H groups in total. The maximum Gasteiger partial charge on any atom is 0.142 e. The van der Waals surface area contributed by atoms with Crippen LogP contribution < -0.4 is 15.8 Å². The second-order valence-corrected chi connectivity index (χ2v) is 5.30. The number of ether oxygens (including phenoxy) is 1. The van der Waals surface area contributed by atoms with Gasteiger partial charge in [0.1, 0.15) is 5.75 Å². The number of halogens is 1. The van der Waals surface area contributed by atoms with Gasteiger partial charge in [-0.2, -0.15) is 0 Å². The molecule has 1 aromatic rings. The van der Waals surface area contributed by atoms with E-state index in [4.69, 9.17) is 22.1 Å². The molecule has 0 bridgehead atoms. The van der Waals surface area contributed by atoms with Crippen LogP contribution in [0.15, 0.2) is 6.07 Å². The van der Waals surface area contributed by atoms with Crippen LogP contribution in [0.1, 0.15) is 24.0 Å². The number of methoxy groups -OCH3 is 1. The fourth-order valence-electron chi connectivity index (χ4n) is 1.90. The Labute approximate surface area is 107 Å². The first-order chi connectivity index (χ1) is 7.97. The summed E-state index contributed by atoms with van der Waals surface area (Å²) in [6.07, 6.45) is 2.17. The summed E-state index contributed by atoms with van der Waals surface area (Å²) in [6, 6.07) is 1.95. The first-order valence-corrected chi connectivity index (χ1v) is 6.21. The minimum atomic E-state index is -0.0329. The highest BCUT2D eigenvalue weighted by molar-refractivity contribution is 6.32. The molecule has 94 valence electrons. The predicted molar refractivity (Wildman–Crippen MR) is 72.1 cm³/mol. The molecular weight excluding hydrogens is 236 g/mol. The number of anilines is 1. The summed E-state index contributed by atoms with van der Waals surface area (Å²) in [5, 5.41) is 4.16. The Morgan fingerprint density at radius 1 is 1.47 bits per heavy atom. The average molecular weight is 255 g/mol. The van der Waals surface area contributed by atoms with E-state index in [1.807, 2.05) is 19.9 Å². The lowest BCUT2D eigenvalue weighted by Gasteiger charge is -2.18. The molecule has 0 spiro atoms. The molecular formula is C13H19ClN2O. The Morgan fingerprint density at radius 2 is 2.12 bits per heavy atom. The van der Waals surface area contributed by atoms with Crippen molar-refractivity contribution >= 4 is 17.3 Å². The molecule has 0 saturated heterocycles. The summed E-state index contributed by atoms with van der Waals surface area (Å²) < 4.78 is 5.39. The molecule has 2 rings (SSSR count). The minimum Gasteiger partial charge on any atom is -0.495 e. The van der Waals surface area contributed by atoms with E-state index in [0.29, 0.717) is 0 Å². The van der Waals surface area contributed by atoms with Crippen LogP contribution in [0.3, 0.4) is 0 Å². The summed E-state index contributed by atoms with van der Waals surface area (Å²) in [7, 11) is 1.67. The van der Waals surface area contributed by atoms with Crippen molar-refractivity contribution in [2.45, 2.75) is 32.2 Å². The molecule has 1 fully saturated rings. The van der Waals surface area contributed by atoms with Crippen LogP contribution in [0, 0.1) is 13.8 Å². The van der Waals surface area contributed by atoms with Gasteiger partial charge in [0.2, 0.25) is 0 Å². The maximum atomic E-state index is 6.25. The molecule has 0 heterocycles. The number of rotatable bonds is 4. The molecule has 1 aromatic carbocycles. The van der Waals surface area contributed by atoms with Crippen LogP contribution in [0.25, 0.3) is 0 Å². The molecule has 0 radical (unpaired) electrons. The van der Waals surface area contributed by atoms with E-state index in [-0.39, 0.29) is 5.54 Å². The van der Waals surface area contributed by atoms with Crippen molar-refractivity contribution < 1.29 is 4.74 Å². The molecule has 1 aliphatic rings. The van der Waals surface area contributed by atoms with Crippen molar-refractivity contribution in [3.05, 3.63) is 22.2 Å². The second-order valence-electron chi connectivity index (χ2n) is 4.93. The summed E-state index contributed by atoms with van der Waals surface area (Å²) in [5.74, 6) is 0.827. The molecule has 1 aliphatic carbocycles. The maximum absolute atomic E-state index is 6.25. The second kappa shape index (κ2) is 4.39. The Hall–Kier alpha value is -0.930. The van der Waals surface area contributed by atoms with Crippen LogP contribution in [0.5, 0.6) is 5.75 Å². The fraction of sp³-hybridized carbons (Fsp3) is 0.538. The molecule has 1 saturated carbocycles. The van der Waals surface area contributed by atoms with E-state index in [1.165, 1.54) is 0 Å². The van der Waals surface area contributed by atoms with Crippen LogP contribution in [0.4, 0.5) is 5.69 Å². The van der Waals surface area contributed by atoms with Gasteiger partial charge in [0.05, 0.1) is 12.8 Å². The van der Waals surface area contributed by atoms with E-state index in [0.717, 1.165) is 47.0 Å². The van der Waals surface area contributed by atoms with Gasteiger partial charge in [-0.1, -0.05) is 11.6 Å². The molecule has 0 aromatic heterocycles. The smallest absolute Gasteiger partial charge is 0.142 e. The summed E-state index contributed by atoms with van der Waals surface area (Å²) >= 11 is 6.25. The molecule has 4 heteroatoms. The zero-order chi connectivity index (χ0) is 12.6. The Bertz CT molecular complexity index is 442. The van der Waals surface area contributed by atoms with Gasteiger partial charge >= 0.3 is 0 Å². The molecule has 0 amide bonds. The van der Waals surface area contributed by atoms with Gasteiger partial charge in [0.15, 0.2) is 0 Å². The number of benzene rings is 1. The third-order valence-electron chi connectivity index (χ3n) is 3.37. The van der Waals surface area contributed by atoms with Gasteiger partial charge in [0, 0.05) is 17.1 Å². The standard InChI is InChI=1S/C13H19ClN2O/c1-8-6-10(17-3)12(9(2)11(8)14)16-7-13(15)4-5-13/h6,16H,4-5,7,15H2,1-3H3. The van der Waals surface area contributed by atoms with Crippen molar-refractivity contribution in [2.75, 3.05) is 19.0 Å². The summed E-state index contributed by atoms with van der Waals surface area (Å²) in [5.41, 5.74) is 9.04. The SMILES string of the molecule is COc1cc(C)c(Cl)c(C)c1NCC1(N)CC1. The Kier molecular flexibility index (Phi) is 3.23. The minimum absolute atomic E-state index is 0.0329. The zero-order valence-electron chi connectivity index (χ0n) is 10.6. The van der Waals surface area contributed by atoms with Gasteiger partial charge in [-0.25, -0.2) is 0 Å². The lowest BCUT2D eigenvalue weighted by atomic mass is 10.1. The lowest BCUT2D eigenvalue weighted by molar-refractivity contribution is 0.415. The monoisotopic (exact) mass is 254 g/mol. The molecule has 0 atom stereocenters. The largest absolute Gasteiger partial charge is 0.495 e. The van der Waals surface area contributed by atoms with Crippen LogP contribution in [-0.4, -0.2) is 19.2 Å². The molecule has 3 nitrogen and oxygen atoms in total. The molecule has 17 heavy (non-hydrogen) atoms. The number of hydrogen-bond acceptors (Lipinski definition) is 3. The van der Waals surface area contributed by atoms with E-state index >= 15 is 0 Å². The van der Waals surface area contributed by atoms with Gasteiger partial charge in [-0.05, 0) is 43.9 Å². The Balaban J connectivity index is 2.27. The average Bonchev–Trinajstić information content (AvgIpc) is 3.03. The van der Waals surface area contributed by atoms with E-state index < -0.39 is 0 Å². The van der Waals surface area contributed by atoms with Gasteiger partial charge in [0.25, 0.3) is 0 Å². The highest BCUT2D eigenvalue weighted by atomic mass is 35.5. The van der Waals surface area contributed by atoms with Gasteiger partial charge in [-0.15, -0.1) is 0 Å². The zero-order valence-corrected chi connectivity index (χ0v) is 11.3. The predicted octanol–water partition coefficient (Wildman–Crippen LogP) is 2.87. The van der Waals surface area contributed by atoms with Crippen molar-refractivity contribution in [3.63, 3.8) is 0 Å². The van der Waals surface area contributed by atoms with Gasteiger partial charge < -0.3 is 15.8 Å². The van der Waals surface area contributed by atoms with Crippen molar-refractivity contribution in [3.8, 4) is 5.75 Å². The van der Waals surface area contributed by atoms with Crippen molar-refractivity contribution in [1.82, 2.24) is 0 Å². The first-order valence-electron chi connectivity index (χ1n) is 5.83. The van der Waals surface area contributed by atoms with Crippen LogP contribution in [-0.2, 0) is 0 Å². The topological polar surface area (TPSA) is 47.3 Å².